The van der Waals surface area contributed by atoms with Crippen molar-refractivity contribution in [2.75, 3.05) is 36.7 Å². The molecule has 0 atom stereocenters. The number of nitrogens with zero attached hydrogens (tertiary/aromatic N) is 3. The van der Waals surface area contributed by atoms with Crippen LogP contribution in [-0.2, 0) is 4.74 Å². The van der Waals surface area contributed by atoms with Crippen LogP contribution in [0.1, 0.15) is 16.2 Å². The number of aromatic nitrogens is 2. The number of ether oxygens (including phenoxy) is 1. The van der Waals surface area contributed by atoms with E-state index >= 15 is 0 Å². The molecule has 28 heavy (non-hydrogen) atoms. The first-order valence-corrected chi connectivity index (χ1v) is 8.80. The quantitative estimate of drug-likeness (QED) is 0.625. The van der Waals surface area contributed by atoms with Crippen molar-refractivity contribution in [3.63, 3.8) is 0 Å². The van der Waals surface area contributed by atoms with Gasteiger partial charge < -0.3 is 20.3 Å². The van der Waals surface area contributed by atoms with Crippen LogP contribution >= 0.6 is 0 Å². The highest BCUT2D eigenvalue weighted by atomic mass is 16.5. The molecular weight excluding hydrogens is 354 g/mol. The van der Waals surface area contributed by atoms with Gasteiger partial charge in [0, 0.05) is 37.2 Å². The van der Waals surface area contributed by atoms with Crippen LogP contribution < -0.4 is 15.5 Å². The summed E-state index contributed by atoms with van der Waals surface area (Å²) in [6.07, 6.45) is 0. The van der Waals surface area contributed by atoms with Gasteiger partial charge in [-0.1, -0.05) is 0 Å². The maximum absolute atomic E-state index is 11.5. The number of carbonyl (C=O) groups excluding carboxylic acids is 1. The molecule has 0 fully saturated rings. The number of hydrogen-bond donors (Lipinski definition) is 2. The van der Waals surface area contributed by atoms with Gasteiger partial charge in [0.15, 0.2) is 0 Å². The summed E-state index contributed by atoms with van der Waals surface area (Å²) in [5.41, 5.74) is 3.38. The number of nitrogens with one attached hydrogen (secondary N) is 2. The maximum atomic E-state index is 11.5. The summed E-state index contributed by atoms with van der Waals surface area (Å²) < 4.78 is 4.71. The van der Waals surface area contributed by atoms with E-state index in [0.29, 0.717) is 23.0 Å². The van der Waals surface area contributed by atoms with Gasteiger partial charge in [-0.3, -0.25) is 0 Å². The fourth-order valence-electron chi connectivity index (χ4n) is 2.64. The molecule has 144 valence electrons. The van der Waals surface area contributed by atoms with Crippen molar-refractivity contribution in [3.05, 3.63) is 66.0 Å². The van der Waals surface area contributed by atoms with Crippen LogP contribution in [0.3, 0.4) is 0 Å². The third-order valence-electron chi connectivity index (χ3n) is 4.07. The lowest BCUT2D eigenvalue weighted by atomic mass is 10.2. The average molecular weight is 377 g/mol. The first-order valence-electron chi connectivity index (χ1n) is 8.80. The molecule has 2 aromatic carbocycles. The van der Waals surface area contributed by atoms with Gasteiger partial charge in [0.1, 0.15) is 17.5 Å². The molecule has 7 nitrogen and oxygen atoms in total. The van der Waals surface area contributed by atoms with Gasteiger partial charge in [0.05, 0.1) is 12.7 Å². The molecule has 0 aliphatic heterocycles. The van der Waals surface area contributed by atoms with Crippen molar-refractivity contribution in [1.29, 1.82) is 0 Å². The minimum Gasteiger partial charge on any atom is -0.465 e. The molecule has 0 aliphatic rings. The van der Waals surface area contributed by atoms with Gasteiger partial charge in [0.2, 0.25) is 0 Å². The Hall–Kier alpha value is -3.61. The number of rotatable bonds is 6. The number of carbonyl (C=O) groups is 1. The van der Waals surface area contributed by atoms with Gasteiger partial charge >= 0.3 is 5.97 Å². The lowest BCUT2D eigenvalue weighted by Crippen LogP contribution is -2.08. The molecule has 3 aromatic rings. The van der Waals surface area contributed by atoms with Gasteiger partial charge in [-0.15, -0.1) is 0 Å². The van der Waals surface area contributed by atoms with Gasteiger partial charge in [-0.25, -0.2) is 14.8 Å². The third kappa shape index (κ3) is 4.76. The minimum absolute atomic E-state index is 0.365. The molecular formula is C21H23N5O2. The number of hydrogen-bond acceptors (Lipinski definition) is 7. The van der Waals surface area contributed by atoms with Crippen molar-refractivity contribution in [2.45, 2.75) is 6.92 Å². The minimum atomic E-state index is -0.365. The molecule has 7 heteroatoms. The van der Waals surface area contributed by atoms with Crippen LogP contribution in [0.25, 0.3) is 0 Å². The topological polar surface area (TPSA) is 79.4 Å². The smallest absolute Gasteiger partial charge is 0.337 e. The van der Waals surface area contributed by atoms with Crippen LogP contribution in [0.5, 0.6) is 0 Å². The van der Waals surface area contributed by atoms with E-state index < -0.39 is 0 Å². The monoisotopic (exact) mass is 377 g/mol. The number of anilines is 5. The predicted molar refractivity (Wildman–Crippen MR) is 112 cm³/mol. The van der Waals surface area contributed by atoms with Crippen molar-refractivity contribution in [3.8, 4) is 0 Å². The molecule has 0 amide bonds. The molecule has 0 radical (unpaired) electrons. The standard InChI is InChI=1S/C21H23N5O2/c1-14-22-19(24-16-7-5-15(6-8-16)21(27)28-4)13-20(23-14)25-17-9-11-18(12-10-17)26(2)3/h5-13H,1-4H3,(H2,22,23,24,25). The van der Waals surface area contributed by atoms with Crippen LogP contribution in [0, 0.1) is 6.92 Å². The second kappa shape index (κ2) is 8.39. The zero-order chi connectivity index (χ0) is 20.1. The van der Waals surface area contributed by atoms with E-state index in [-0.39, 0.29) is 5.97 Å². The Labute approximate surface area is 164 Å². The van der Waals surface area contributed by atoms with Gasteiger partial charge in [-0.2, -0.15) is 0 Å². The van der Waals surface area contributed by atoms with Crippen molar-refractivity contribution in [1.82, 2.24) is 9.97 Å². The maximum Gasteiger partial charge on any atom is 0.337 e. The second-order valence-electron chi connectivity index (χ2n) is 6.45. The summed E-state index contributed by atoms with van der Waals surface area (Å²) in [7, 11) is 5.37. The zero-order valence-electron chi connectivity index (χ0n) is 16.4. The summed E-state index contributed by atoms with van der Waals surface area (Å²) in [6, 6.07) is 16.9. The fourth-order valence-corrected chi connectivity index (χ4v) is 2.64. The van der Waals surface area contributed by atoms with Crippen LogP contribution in [0.15, 0.2) is 54.6 Å². The van der Waals surface area contributed by atoms with E-state index in [0.717, 1.165) is 17.1 Å². The summed E-state index contributed by atoms with van der Waals surface area (Å²) in [5, 5.41) is 6.53. The largest absolute Gasteiger partial charge is 0.465 e. The fraction of sp³-hybridized carbons (Fsp3) is 0.190. The number of esters is 1. The second-order valence-corrected chi connectivity index (χ2v) is 6.45. The van der Waals surface area contributed by atoms with Gasteiger partial charge in [-0.05, 0) is 55.5 Å². The lowest BCUT2D eigenvalue weighted by Gasteiger charge is -2.14. The van der Waals surface area contributed by atoms with E-state index in [9.17, 15) is 4.79 Å². The highest BCUT2D eigenvalue weighted by Gasteiger charge is 2.07. The molecule has 0 saturated carbocycles. The number of methoxy groups -OCH3 is 1. The Kier molecular flexibility index (Phi) is 5.74. The summed E-state index contributed by atoms with van der Waals surface area (Å²) in [4.78, 5) is 22.4. The zero-order valence-corrected chi connectivity index (χ0v) is 16.4. The normalized spacial score (nSPS) is 10.3. The summed E-state index contributed by atoms with van der Waals surface area (Å²) in [6.45, 7) is 1.84. The number of aryl methyl sites for hydroxylation is 1. The van der Waals surface area contributed by atoms with E-state index in [4.69, 9.17) is 4.74 Å². The molecule has 0 bridgehead atoms. The van der Waals surface area contributed by atoms with Crippen molar-refractivity contribution < 1.29 is 9.53 Å². The Morgan fingerprint density at radius 2 is 1.39 bits per heavy atom. The SMILES string of the molecule is COC(=O)c1ccc(Nc2cc(Nc3ccc(N(C)C)cc3)nc(C)n2)cc1. The van der Waals surface area contributed by atoms with E-state index in [1.807, 2.05) is 56.3 Å². The number of benzene rings is 2. The average Bonchev–Trinajstić information content (AvgIpc) is 2.68. The molecule has 0 aliphatic carbocycles. The highest BCUT2D eigenvalue weighted by Crippen LogP contribution is 2.22. The summed E-state index contributed by atoms with van der Waals surface area (Å²) in [5.74, 6) is 1.63. The van der Waals surface area contributed by atoms with Crippen LogP contribution in [0.2, 0.25) is 0 Å². The first kappa shape index (κ1) is 19.2. The van der Waals surface area contributed by atoms with Crippen LogP contribution in [0.4, 0.5) is 28.7 Å². The molecule has 1 aromatic heterocycles. The molecule has 3 rings (SSSR count). The molecule has 2 N–H and O–H groups in total. The Bertz CT molecular complexity index is 954. The highest BCUT2D eigenvalue weighted by molar-refractivity contribution is 5.89. The Morgan fingerprint density at radius 3 is 1.86 bits per heavy atom. The van der Waals surface area contributed by atoms with Crippen LogP contribution in [-0.4, -0.2) is 37.1 Å². The van der Waals surface area contributed by atoms with Crippen molar-refractivity contribution >= 4 is 34.7 Å². The molecule has 1 heterocycles. The molecule has 0 spiro atoms. The van der Waals surface area contributed by atoms with E-state index in [1.165, 1.54) is 7.11 Å². The first-order chi connectivity index (χ1) is 13.4. The van der Waals surface area contributed by atoms with Crippen molar-refractivity contribution in [2.24, 2.45) is 0 Å². The van der Waals surface area contributed by atoms with Gasteiger partial charge in [0.25, 0.3) is 0 Å². The van der Waals surface area contributed by atoms with E-state index in [1.54, 1.807) is 24.3 Å². The Morgan fingerprint density at radius 1 is 0.893 bits per heavy atom. The lowest BCUT2D eigenvalue weighted by molar-refractivity contribution is 0.0601. The predicted octanol–water partition coefficient (Wildman–Crippen LogP) is 4.12. The Balaban J connectivity index is 1.75. The third-order valence-corrected chi connectivity index (χ3v) is 4.07. The molecule has 0 unspecified atom stereocenters. The van der Waals surface area contributed by atoms with E-state index in [2.05, 4.69) is 20.6 Å². The molecule has 0 saturated heterocycles. The summed E-state index contributed by atoms with van der Waals surface area (Å²) >= 11 is 0.